The largest absolute Gasteiger partial charge is 0.481 e. The summed E-state index contributed by atoms with van der Waals surface area (Å²) in [4.78, 5) is 10.8. The number of hydrogen-bond donors (Lipinski definition) is 1. The zero-order valence-electron chi connectivity index (χ0n) is 9.92. The molecule has 0 fully saturated rings. The maximum absolute atomic E-state index is 10.8. The zero-order chi connectivity index (χ0) is 14.0. The first kappa shape index (κ1) is 14.1. The van der Waals surface area contributed by atoms with Gasteiger partial charge in [0.15, 0.2) is 5.82 Å². The van der Waals surface area contributed by atoms with Gasteiger partial charge in [-0.2, -0.15) is 0 Å². The van der Waals surface area contributed by atoms with Crippen molar-refractivity contribution < 1.29 is 9.90 Å². The molecular weight excluding hydrogens is 380 g/mol. The third kappa shape index (κ3) is 3.19. The average Bonchev–Trinajstić information content (AvgIpc) is 2.76. The molecule has 6 nitrogen and oxygen atoms in total. The molecule has 1 unspecified atom stereocenters. The summed E-state index contributed by atoms with van der Waals surface area (Å²) in [6, 6.07) is 5.30. The standard InChI is InChI=1S/C11H10Br2N4O2/c1-6(4-10(18)19)17-11(14-15-16-17)8-3-2-7(12)5-9(8)13/h2-3,5-6H,4H2,1H3,(H,18,19). The lowest BCUT2D eigenvalue weighted by atomic mass is 10.2. The second-order valence-electron chi connectivity index (χ2n) is 4.02. The van der Waals surface area contributed by atoms with Gasteiger partial charge in [-0.25, -0.2) is 4.68 Å². The zero-order valence-corrected chi connectivity index (χ0v) is 13.1. The second-order valence-corrected chi connectivity index (χ2v) is 5.79. The van der Waals surface area contributed by atoms with Crippen LogP contribution in [-0.4, -0.2) is 31.3 Å². The number of halogens is 2. The highest BCUT2D eigenvalue weighted by molar-refractivity contribution is 9.11. The van der Waals surface area contributed by atoms with E-state index in [1.165, 1.54) is 4.68 Å². The van der Waals surface area contributed by atoms with Crippen molar-refractivity contribution in [1.82, 2.24) is 20.2 Å². The lowest BCUT2D eigenvalue weighted by Gasteiger charge is -2.11. The number of tetrazole rings is 1. The lowest BCUT2D eigenvalue weighted by molar-refractivity contribution is -0.137. The van der Waals surface area contributed by atoms with E-state index in [0.29, 0.717) is 5.82 Å². The number of benzene rings is 1. The molecule has 0 aliphatic rings. The van der Waals surface area contributed by atoms with Gasteiger partial charge in [-0.05, 0) is 51.5 Å². The van der Waals surface area contributed by atoms with E-state index in [2.05, 4.69) is 47.4 Å². The van der Waals surface area contributed by atoms with Gasteiger partial charge in [0.25, 0.3) is 0 Å². The minimum absolute atomic E-state index is 0.0355. The molecular formula is C11H10Br2N4O2. The third-order valence-corrected chi connectivity index (χ3v) is 3.70. The van der Waals surface area contributed by atoms with Crippen LogP contribution in [0, 0.1) is 0 Å². The molecule has 0 saturated heterocycles. The van der Waals surface area contributed by atoms with E-state index in [1.54, 1.807) is 6.92 Å². The minimum Gasteiger partial charge on any atom is -0.481 e. The van der Waals surface area contributed by atoms with E-state index in [9.17, 15) is 4.79 Å². The fourth-order valence-corrected chi connectivity index (χ4v) is 2.90. The normalized spacial score (nSPS) is 12.4. The Bertz CT molecular complexity index is 614. The molecule has 1 heterocycles. The number of carbonyl (C=O) groups is 1. The Morgan fingerprint density at radius 3 is 2.84 bits per heavy atom. The Labute approximate surface area is 126 Å². The number of nitrogens with zero attached hydrogens (tertiary/aromatic N) is 4. The average molecular weight is 390 g/mol. The van der Waals surface area contributed by atoms with Crippen molar-refractivity contribution >= 4 is 37.8 Å². The van der Waals surface area contributed by atoms with Crippen molar-refractivity contribution in [2.45, 2.75) is 19.4 Å². The van der Waals surface area contributed by atoms with Gasteiger partial charge in [-0.15, -0.1) is 5.10 Å². The van der Waals surface area contributed by atoms with Crippen LogP contribution >= 0.6 is 31.9 Å². The Hall–Kier alpha value is -1.28. The lowest BCUT2D eigenvalue weighted by Crippen LogP contribution is -2.13. The fraction of sp³-hybridized carbons (Fsp3) is 0.273. The van der Waals surface area contributed by atoms with Crippen LogP contribution in [0.4, 0.5) is 0 Å². The van der Waals surface area contributed by atoms with Crippen molar-refractivity contribution in [3.63, 3.8) is 0 Å². The molecule has 19 heavy (non-hydrogen) atoms. The molecule has 0 spiro atoms. The van der Waals surface area contributed by atoms with Crippen LogP contribution in [0.15, 0.2) is 27.1 Å². The van der Waals surface area contributed by atoms with Crippen molar-refractivity contribution in [1.29, 1.82) is 0 Å². The fourth-order valence-electron chi connectivity index (χ4n) is 1.68. The summed E-state index contributed by atoms with van der Waals surface area (Å²) in [6.07, 6.45) is -0.0355. The van der Waals surface area contributed by atoms with Gasteiger partial charge in [0.1, 0.15) is 0 Å². The molecule has 0 saturated carbocycles. The number of aromatic nitrogens is 4. The second kappa shape index (κ2) is 5.79. The first-order valence-electron chi connectivity index (χ1n) is 5.44. The van der Waals surface area contributed by atoms with E-state index in [4.69, 9.17) is 5.11 Å². The quantitative estimate of drug-likeness (QED) is 0.869. The van der Waals surface area contributed by atoms with E-state index in [-0.39, 0.29) is 12.5 Å². The summed E-state index contributed by atoms with van der Waals surface area (Å²) >= 11 is 6.82. The number of carboxylic acids is 1. The van der Waals surface area contributed by atoms with Crippen LogP contribution in [0.2, 0.25) is 0 Å². The van der Waals surface area contributed by atoms with Crippen LogP contribution in [0.5, 0.6) is 0 Å². The molecule has 0 amide bonds. The summed E-state index contributed by atoms with van der Waals surface area (Å²) in [5, 5.41) is 20.3. The summed E-state index contributed by atoms with van der Waals surface area (Å²) < 4.78 is 3.28. The predicted octanol–water partition coefficient (Wildman–Crippen LogP) is 2.90. The monoisotopic (exact) mass is 388 g/mol. The topological polar surface area (TPSA) is 80.9 Å². The molecule has 0 aliphatic carbocycles. The van der Waals surface area contributed by atoms with Gasteiger partial charge in [0.2, 0.25) is 0 Å². The predicted molar refractivity (Wildman–Crippen MR) is 75.6 cm³/mol. The molecule has 2 rings (SSSR count). The van der Waals surface area contributed by atoms with E-state index in [0.717, 1.165) is 14.5 Å². The summed E-state index contributed by atoms with van der Waals surface area (Å²) in [6.45, 7) is 1.76. The first-order chi connectivity index (χ1) is 8.99. The number of carboxylic acid groups (broad SMARTS) is 1. The van der Waals surface area contributed by atoms with E-state index >= 15 is 0 Å². The van der Waals surface area contributed by atoms with Crippen LogP contribution < -0.4 is 0 Å². The highest BCUT2D eigenvalue weighted by Crippen LogP contribution is 2.30. The van der Waals surface area contributed by atoms with Gasteiger partial charge >= 0.3 is 5.97 Å². The maximum atomic E-state index is 10.8. The Morgan fingerprint density at radius 1 is 1.47 bits per heavy atom. The molecule has 0 bridgehead atoms. The molecule has 1 aromatic heterocycles. The molecule has 1 atom stereocenters. The van der Waals surface area contributed by atoms with Crippen molar-refractivity contribution in [3.8, 4) is 11.4 Å². The first-order valence-corrected chi connectivity index (χ1v) is 7.02. The van der Waals surface area contributed by atoms with Crippen LogP contribution in [0.3, 0.4) is 0 Å². The minimum atomic E-state index is -0.885. The van der Waals surface area contributed by atoms with E-state index < -0.39 is 5.97 Å². The number of aliphatic carboxylic acids is 1. The molecule has 0 radical (unpaired) electrons. The van der Waals surface area contributed by atoms with Gasteiger partial charge in [0.05, 0.1) is 12.5 Å². The van der Waals surface area contributed by atoms with Gasteiger partial charge in [-0.1, -0.05) is 15.9 Å². The Kier molecular flexibility index (Phi) is 4.31. The van der Waals surface area contributed by atoms with Crippen LogP contribution in [0.25, 0.3) is 11.4 Å². The van der Waals surface area contributed by atoms with Crippen LogP contribution in [0.1, 0.15) is 19.4 Å². The van der Waals surface area contributed by atoms with Crippen molar-refractivity contribution in [2.75, 3.05) is 0 Å². The molecule has 1 N–H and O–H groups in total. The number of hydrogen-bond acceptors (Lipinski definition) is 4. The highest BCUT2D eigenvalue weighted by atomic mass is 79.9. The number of rotatable bonds is 4. The van der Waals surface area contributed by atoms with Gasteiger partial charge < -0.3 is 5.11 Å². The van der Waals surface area contributed by atoms with E-state index in [1.807, 2.05) is 18.2 Å². The maximum Gasteiger partial charge on any atom is 0.305 e. The van der Waals surface area contributed by atoms with Gasteiger partial charge in [-0.3, -0.25) is 4.79 Å². The molecule has 8 heteroatoms. The molecule has 0 aliphatic heterocycles. The summed E-state index contributed by atoms with van der Waals surface area (Å²) in [5.74, 6) is -0.350. The summed E-state index contributed by atoms with van der Waals surface area (Å²) in [5.41, 5.74) is 0.811. The Balaban J connectivity index is 2.41. The Morgan fingerprint density at radius 2 is 2.21 bits per heavy atom. The molecule has 2 aromatic rings. The highest BCUT2D eigenvalue weighted by Gasteiger charge is 2.18. The smallest absolute Gasteiger partial charge is 0.305 e. The molecule has 100 valence electrons. The van der Waals surface area contributed by atoms with Gasteiger partial charge in [0, 0.05) is 14.5 Å². The molecule has 1 aromatic carbocycles. The third-order valence-electron chi connectivity index (χ3n) is 2.55. The van der Waals surface area contributed by atoms with Crippen molar-refractivity contribution in [3.05, 3.63) is 27.1 Å². The summed E-state index contributed by atoms with van der Waals surface area (Å²) in [7, 11) is 0. The van der Waals surface area contributed by atoms with Crippen LogP contribution in [-0.2, 0) is 4.79 Å². The SMILES string of the molecule is CC(CC(=O)O)n1nnnc1-c1ccc(Br)cc1Br. The van der Waals surface area contributed by atoms with Crippen molar-refractivity contribution in [2.24, 2.45) is 0 Å².